The third kappa shape index (κ3) is 5.54. The van der Waals surface area contributed by atoms with Gasteiger partial charge in [0.15, 0.2) is 5.43 Å². The minimum Gasteiger partial charge on any atom is -0.494 e. The molecule has 0 radical (unpaired) electrons. The Morgan fingerprint density at radius 2 is 1.79 bits per heavy atom. The van der Waals surface area contributed by atoms with Crippen LogP contribution in [0.3, 0.4) is 0 Å². The summed E-state index contributed by atoms with van der Waals surface area (Å²) in [6.07, 6.45) is 8.53. The Balaban J connectivity index is 1.12. The largest absolute Gasteiger partial charge is 0.494 e. The molecule has 4 aromatic rings. The van der Waals surface area contributed by atoms with Crippen LogP contribution in [0.4, 0.5) is 0 Å². The van der Waals surface area contributed by atoms with Gasteiger partial charge >= 0.3 is 0 Å². The van der Waals surface area contributed by atoms with Gasteiger partial charge in [0.05, 0.1) is 12.0 Å². The summed E-state index contributed by atoms with van der Waals surface area (Å²) in [7, 11) is 0. The van der Waals surface area contributed by atoms with E-state index in [2.05, 4.69) is 22.0 Å². The van der Waals surface area contributed by atoms with E-state index in [1.165, 1.54) is 24.8 Å². The highest BCUT2D eigenvalue weighted by Gasteiger charge is 2.17. The number of hydrogen-bond acceptors (Lipinski definition) is 5. The lowest BCUT2D eigenvalue weighted by Gasteiger charge is -2.20. The number of pyridine rings is 1. The van der Waals surface area contributed by atoms with Crippen LogP contribution in [-0.2, 0) is 6.54 Å². The quantitative estimate of drug-likeness (QED) is 0.347. The summed E-state index contributed by atoms with van der Waals surface area (Å²) >= 11 is 0. The second kappa shape index (κ2) is 10.7. The number of rotatable bonds is 7. The van der Waals surface area contributed by atoms with Gasteiger partial charge in [-0.25, -0.2) is 0 Å². The Morgan fingerprint density at radius 3 is 2.65 bits per heavy atom. The van der Waals surface area contributed by atoms with Crippen LogP contribution in [0, 0.1) is 5.92 Å². The molecule has 0 amide bonds. The number of fused-ring (bicyclic) bond motifs is 1. The number of aromatic nitrogens is 1. The number of benzene rings is 2. The summed E-state index contributed by atoms with van der Waals surface area (Å²) in [6.45, 7) is 4.03. The Hall–Kier alpha value is -3.44. The van der Waals surface area contributed by atoms with Crippen LogP contribution in [0.15, 0.2) is 88.3 Å². The molecular weight excluding hydrogens is 424 g/mol. The van der Waals surface area contributed by atoms with E-state index in [0.29, 0.717) is 22.6 Å². The van der Waals surface area contributed by atoms with Crippen molar-refractivity contribution in [1.82, 2.24) is 9.88 Å². The van der Waals surface area contributed by atoms with Crippen molar-refractivity contribution in [1.29, 1.82) is 0 Å². The molecule has 1 unspecified atom stereocenters. The topological polar surface area (TPSA) is 55.6 Å². The maximum Gasteiger partial charge on any atom is 0.193 e. The van der Waals surface area contributed by atoms with Crippen LogP contribution >= 0.6 is 0 Å². The standard InChI is InChI=1S/C29H30N2O3/c32-27-20-29(34-28-6-2-1-5-26(27)28)24-7-9-25(10-8-24)33-19-14-22-4-3-17-31(18-13-22)21-23-11-15-30-16-12-23/h1-2,5-12,15-16,20,22H,3-4,13-14,17-19,21H2. The summed E-state index contributed by atoms with van der Waals surface area (Å²) in [5.74, 6) is 2.12. The maximum atomic E-state index is 12.4. The fourth-order valence-corrected chi connectivity index (χ4v) is 4.72. The van der Waals surface area contributed by atoms with Crippen molar-refractivity contribution in [3.63, 3.8) is 0 Å². The zero-order valence-electron chi connectivity index (χ0n) is 19.4. The molecule has 0 bridgehead atoms. The van der Waals surface area contributed by atoms with Gasteiger partial charge in [0.1, 0.15) is 17.1 Å². The van der Waals surface area contributed by atoms with Crippen LogP contribution in [-0.4, -0.2) is 29.6 Å². The number of hydrogen-bond donors (Lipinski definition) is 0. The zero-order chi connectivity index (χ0) is 23.2. The van der Waals surface area contributed by atoms with E-state index in [9.17, 15) is 4.79 Å². The second-order valence-electron chi connectivity index (χ2n) is 9.06. The normalized spacial score (nSPS) is 16.9. The van der Waals surface area contributed by atoms with Gasteiger partial charge in [0, 0.05) is 30.6 Å². The minimum absolute atomic E-state index is 0.0279. The van der Waals surface area contributed by atoms with E-state index >= 15 is 0 Å². The predicted octanol–water partition coefficient (Wildman–Crippen LogP) is 5.93. The Bertz CT molecular complexity index is 1270. The van der Waals surface area contributed by atoms with Crippen molar-refractivity contribution in [2.75, 3.05) is 19.7 Å². The second-order valence-corrected chi connectivity index (χ2v) is 9.06. The zero-order valence-corrected chi connectivity index (χ0v) is 19.4. The van der Waals surface area contributed by atoms with Crippen molar-refractivity contribution >= 4 is 11.0 Å². The van der Waals surface area contributed by atoms with Crippen LogP contribution in [0.2, 0.25) is 0 Å². The molecule has 5 heteroatoms. The van der Waals surface area contributed by atoms with Gasteiger partial charge in [-0.2, -0.15) is 0 Å². The molecule has 0 N–H and O–H groups in total. The van der Waals surface area contributed by atoms with E-state index in [1.54, 1.807) is 12.1 Å². The monoisotopic (exact) mass is 454 g/mol. The smallest absolute Gasteiger partial charge is 0.193 e. The Kier molecular flexibility index (Phi) is 7.01. The fourth-order valence-electron chi connectivity index (χ4n) is 4.72. The molecule has 0 spiro atoms. The summed E-state index contributed by atoms with van der Waals surface area (Å²) in [5.41, 5.74) is 2.78. The lowest BCUT2D eigenvalue weighted by atomic mass is 9.97. The minimum atomic E-state index is -0.0279. The van der Waals surface area contributed by atoms with Gasteiger partial charge in [-0.1, -0.05) is 12.1 Å². The molecule has 1 aliphatic heterocycles. The molecule has 2 aromatic heterocycles. The predicted molar refractivity (Wildman–Crippen MR) is 135 cm³/mol. The Labute approximate surface area is 200 Å². The molecular formula is C29H30N2O3. The first-order valence-electron chi connectivity index (χ1n) is 12.1. The van der Waals surface area contributed by atoms with E-state index in [-0.39, 0.29) is 5.43 Å². The van der Waals surface area contributed by atoms with Crippen molar-refractivity contribution in [2.24, 2.45) is 5.92 Å². The van der Waals surface area contributed by atoms with Crippen molar-refractivity contribution in [3.8, 4) is 17.1 Å². The summed E-state index contributed by atoms with van der Waals surface area (Å²) in [4.78, 5) is 19.0. The van der Waals surface area contributed by atoms with Crippen molar-refractivity contribution in [2.45, 2.75) is 32.2 Å². The lowest BCUT2D eigenvalue weighted by molar-refractivity contribution is 0.252. The third-order valence-corrected chi connectivity index (χ3v) is 6.66. The van der Waals surface area contributed by atoms with Gasteiger partial charge in [-0.3, -0.25) is 14.7 Å². The molecule has 2 aromatic carbocycles. The molecule has 1 aliphatic rings. The van der Waals surface area contributed by atoms with Crippen LogP contribution in [0.25, 0.3) is 22.3 Å². The molecule has 5 nitrogen and oxygen atoms in total. The van der Waals surface area contributed by atoms with Crippen molar-refractivity contribution < 1.29 is 9.15 Å². The van der Waals surface area contributed by atoms with Crippen LogP contribution < -0.4 is 10.2 Å². The number of para-hydroxylation sites is 1. The van der Waals surface area contributed by atoms with Gasteiger partial charge in [-0.05, 0) is 98.8 Å². The summed E-state index contributed by atoms with van der Waals surface area (Å²) < 4.78 is 12.0. The van der Waals surface area contributed by atoms with Gasteiger partial charge in [0.25, 0.3) is 0 Å². The number of ether oxygens (including phenoxy) is 1. The van der Waals surface area contributed by atoms with E-state index < -0.39 is 0 Å². The first-order chi connectivity index (χ1) is 16.7. The molecule has 0 aliphatic carbocycles. The first-order valence-corrected chi connectivity index (χ1v) is 12.1. The first kappa shape index (κ1) is 22.4. The van der Waals surface area contributed by atoms with E-state index in [1.807, 2.05) is 54.9 Å². The highest BCUT2D eigenvalue weighted by molar-refractivity contribution is 5.78. The van der Waals surface area contributed by atoms with Gasteiger partial charge in [0.2, 0.25) is 0 Å². The molecule has 1 saturated heterocycles. The summed E-state index contributed by atoms with van der Waals surface area (Å²) in [5, 5.41) is 0.602. The molecule has 1 fully saturated rings. The highest BCUT2D eigenvalue weighted by atomic mass is 16.5. The van der Waals surface area contributed by atoms with Crippen LogP contribution in [0.1, 0.15) is 31.2 Å². The Morgan fingerprint density at radius 1 is 0.971 bits per heavy atom. The van der Waals surface area contributed by atoms with Crippen LogP contribution in [0.5, 0.6) is 5.75 Å². The average Bonchev–Trinajstić information content (AvgIpc) is 3.10. The number of nitrogens with zero attached hydrogens (tertiary/aromatic N) is 2. The van der Waals surface area contributed by atoms with E-state index in [0.717, 1.165) is 44.0 Å². The average molecular weight is 455 g/mol. The van der Waals surface area contributed by atoms with E-state index in [4.69, 9.17) is 9.15 Å². The third-order valence-electron chi connectivity index (χ3n) is 6.66. The maximum absolute atomic E-state index is 12.4. The molecule has 0 saturated carbocycles. The SMILES string of the molecule is O=c1cc(-c2ccc(OCCC3CCCN(Cc4ccncc4)CC3)cc2)oc2ccccc12. The molecule has 34 heavy (non-hydrogen) atoms. The van der Waals surface area contributed by atoms with Gasteiger partial charge in [-0.15, -0.1) is 0 Å². The molecule has 3 heterocycles. The van der Waals surface area contributed by atoms with Gasteiger partial charge < -0.3 is 9.15 Å². The molecule has 5 rings (SSSR count). The number of likely N-dealkylation sites (tertiary alicyclic amines) is 1. The summed E-state index contributed by atoms with van der Waals surface area (Å²) in [6, 6.07) is 20.9. The molecule has 1 atom stereocenters. The highest BCUT2D eigenvalue weighted by Crippen LogP contribution is 2.26. The molecule has 174 valence electrons. The van der Waals surface area contributed by atoms with Crippen molar-refractivity contribution in [3.05, 3.63) is 94.9 Å². The lowest BCUT2D eigenvalue weighted by Crippen LogP contribution is -2.24. The fraction of sp³-hybridized carbons (Fsp3) is 0.310.